The van der Waals surface area contributed by atoms with E-state index in [2.05, 4.69) is 27.7 Å². The van der Waals surface area contributed by atoms with Crippen molar-refractivity contribution >= 4 is 5.78 Å². The summed E-state index contributed by atoms with van der Waals surface area (Å²) in [7, 11) is 0. The van der Waals surface area contributed by atoms with Crippen LogP contribution in [0.15, 0.2) is 0 Å². The molecule has 148 valence electrons. The van der Waals surface area contributed by atoms with Crippen molar-refractivity contribution in [2.45, 2.75) is 98.0 Å². The van der Waals surface area contributed by atoms with Gasteiger partial charge in [0.25, 0.3) is 0 Å². The van der Waals surface area contributed by atoms with Crippen LogP contribution in [0.4, 0.5) is 0 Å². The van der Waals surface area contributed by atoms with Crippen LogP contribution in [0.1, 0.15) is 91.9 Å². The molecule has 0 radical (unpaired) electrons. The second-order valence-corrected chi connectivity index (χ2v) is 10.9. The van der Waals surface area contributed by atoms with E-state index in [1.807, 2.05) is 0 Å². The van der Waals surface area contributed by atoms with Gasteiger partial charge in [0.2, 0.25) is 0 Å². The quantitative estimate of drug-likeness (QED) is 0.709. The van der Waals surface area contributed by atoms with Crippen molar-refractivity contribution in [3.63, 3.8) is 0 Å². The normalized spacial score (nSPS) is 52.1. The van der Waals surface area contributed by atoms with E-state index in [-0.39, 0.29) is 11.5 Å². The van der Waals surface area contributed by atoms with Crippen molar-refractivity contribution in [1.82, 2.24) is 0 Å². The van der Waals surface area contributed by atoms with Crippen LogP contribution >= 0.6 is 0 Å². The molecule has 4 aliphatic rings. The van der Waals surface area contributed by atoms with Gasteiger partial charge >= 0.3 is 0 Å². The van der Waals surface area contributed by atoms with Crippen molar-refractivity contribution in [2.75, 3.05) is 0 Å². The SMILES string of the molecule is CCC[C@@H](C)C1CCC2C3CCC4C[C@H](O)CC[C@]4(C)C3CC(=O)[C@@]21C. The van der Waals surface area contributed by atoms with Gasteiger partial charge in [-0.15, -0.1) is 0 Å². The van der Waals surface area contributed by atoms with Gasteiger partial charge in [-0.25, -0.2) is 0 Å². The van der Waals surface area contributed by atoms with Gasteiger partial charge in [-0.2, -0.15) is 0 Å². The molecule has 0 heterocycles. The van der Waals surface area contributed by atoms with Gasteiger partial charge in [-0.1, -0.05) is 40.5 Å². The van der Waals surface area contributed by atoms with Gasteiger partial charge in [-0.05, 0) is 85.9 Å². The smallest absolute Gasteiger partial charge is 0.139 e. The molecule has 0 aliphatic heterocycles. The molecule has 0 saturated heterocycles. The largest absolute Gasteiger partial charge is 0.393 e. The molecule has 1 N–H and O–H groups in total. The Hall–Kier alpha value is -0.370. The van der Waals surface area contributed by atoms with Gasteiger partial charge in [0.05, 0.1) is 6.10 Å². The summed E-state index contributed by atoms with van der Waals surface area (Å²) >= 11 is 0. The Balaban J connectivity index is 1.62. The van der Waals surface area contributed by atoms with Crippen molar-refractivity contribution in [3.8, 4) is 0 Å². The van der Waals surface area contributed by atoms with E-state index in [0.717, 1.165) is 31.6 Å². The molecule has 0 bridgehead atoms. The molecule has 0 aromatic heterocycles. The maximum Gasteiger partial charge on any atom is 0.139 e. The minimum absolute atomic E-state index is 0.0485. The van der Waals surface area contributed by atoms with Crippen LogP contribution in [-0.2, 0) is 4.79 Å². The number of aliphatic hydroxyl groups excluding tert-OH is 1. The fourth-order valence-electron chi connectivity index (χ4n) is 8.54. The van der Waals surface area contributed by atoms with Gasteiger partial charge in [0.15, 0.2) is 0 Å². The number of Topliss-reactive ketones (excluding diaryl/α,β-unsaturated/α-hetero) is 1. The first-order chi connectivity index (χ1) is 12.3. The Bertz CT molecular complexity index is 556. The number of rotatable bonds is 3. The highest BCUT2D eigenvalue weighted by atomic mass is 16.3. The van der Waals surface area contributed by atoms with Crippen LogP contribution in [0.25, 0.3) is 0 Å². The van der Waals surface area contributed by atoms with Crippen LogP contribution in [0.3, 0.4) is 0 Å². The van der Waals surface area contributed by atoms with Crippen LogP contribution in [-0.4, -0.2) is 17.0 Å². The number of ketones is 1. The second-order valence-electron chi connectivity index (χ2n) is 10.9. The molecular weight excluding hydrogens is 320 g/mol. The molecule has 0 aromatic rings. The lowest BCUT2D eigenvalue weighted by Gasteiger charge is -2.60. The summed E-state index contributed by atoms with van der Waals surface area (Å²) in [6.45, 7) is 9.52. The van der Waals surface area contributed by atoms with E-state index < -0.39 is 0 Å². The molecule has 2 heteroatoms. The molecular formula is C24H40O2. The number of hydrogen-bond donors (Lipinski definition) is 1. The Kier molecular flexibility index (Phi) is 4.82. The molecule has 5 unspecified atom stereocenters. The number of fused-ring (bicyclic) bond motifs is 5. The maximum atomic E-state index is 13.6. The van der Waals surface area contributed by atoms with Crippen LogP contribution < -0.4 is 0 Å². The summed E-state index contributed by atoms with van der Waals surface area (Å²) in [5.74, 6) is 4.50. The first-order valence-electron chi connectivity index (χ1n) is 11.5. The molecule has 0 spiro atoms. The Labute approximate surface area is 160 Å². The Morgan fingerprint density at radius 3 is 2.62 bits per heavy atom. The molecule has 2 nitrogen and oxygen atoms in total. The lowest BCUT2D eigenvalue weighted by atomic mass is 9.44. The zero-order chi connectivity index (χ0) is 18.7. The molecule has 4 aliphatic carbocycles. The summed E-state index contributed by atoms with van der Waals surface area (Å²) in [6.07, 6.45) is 11.4. The lowest BCUT2D eigenvalue weighted by Crippen LogP contribution is -2.57. The van der Waals surface area contributed by atoms with E-state index in [1.165, 1.54) is 38.5 Å². The molecule has 9 atom stereocenters. The zero-order valence-electron chi connectivity index (χ0n) is 17.5. The van der Waals surface area contributed by atoms with Gasteiger partial charge in [0, 0.05) is 11.8 Å². The van der Waals surface area contributed by atoms with E-state index in [0.29, 0.717) is 40.8 Å². The summed E-state index contributed by atoms with van der Waals surface area (Å²) in [5.41, 5.74) is 0.249. The van der Waals surface area contributed by atoms with Gasteiger partial charge in [-0.3, -0.25) is 4.79 Å². The first kappa shape index (κ1) is 19.0. The predicted molar refractivity (Wildman–Crippen MR) is 106 cm³/mol. The minimum atomic E-state index is -0.0973. The summed E-state index contributed by atoms with van der Waals surface area (Å²) < 4.78 is 0. The fourth-order valence-corrected chi connectivity index (χ4v) is 8.54. The third kappa shape index (κ3) is 2.57. The van der Waals surface area contributed by atoms with Gasteiger partial charge < -0.3 is 5.11 Å². The fraction of sp³-hybridized carbons (Fsp3) is 0.958. The van der Waals surface area contributed by atoms with E-state index >= 15 is 0 Å². The lowest BCUT2D eigenvalue weighted by molar-refractivity contribution is -0.160. The predicted octanol–water partition coefficient (Wildman–Crippen LogP) is 5.62. The molecule has 4 rings (SSSR count). The van der Waals surface area contributed by atoms with Crippen molar-refractivity contribution in [1.29, 1.82) is 0 Å². The molecule has 4 fully saturated rings. The molecule has 4 saturated carbocycles. The third-order valence-electron chi connectivity index (χ3n) is 10.0. The molecule has 0 aromatic carbocycles. The summed E-state index contributed by atoms with van der Waals surface area (Å²) in [4.78, 5) is 13.6. The van der Waals surface area contributed by atoms with Crippen molar-refractivity contribution in [2.24, 2.45) is 46.3 Å². The second kappa shape index (κ2) is 6.61. The van der Waals surface area contributed by atoms with Crippen LogP contribution in [0.2, 0.25) is 0 Å². The van der Waals surface area contributed by atoms with Gasteiger partial charge in [0.1, 0.15) is 5.78 Å². The highest BCUT2D eigenvalue weighted by Crippen LogP contribution is 2.67. The van der Waals surface area contributed by atoms with E-state index in [1.54, 1.807) is 0 Å². The number of carbonyl (C=O) groups excluding carboxylic acids is 1. The summed E-state index contributed by atoms with van der Waals surface area (Å²) in [6, 6.07) is 0. The number of aliphatic hydroxyl groups is 1. The van der Waals surface area contributed by atoms with Crippen LogP contribution in [0.5, 0.6) is 0 Å². The average Bonchev–Trinajstić information content (AvgIpc) is 2.96. The molecule has 0 amide bonds. The van der Waals surface area contributed by atoms with Crippen molar-refractivity contribution < 1.29 is 9.90 Å². The van der Waals surface area contributed by atoms with E-state index in [9.17, 15) is 9.90 Å². The highest BCUT2D eigenvalue weighted by molar-refractivity contribution is 5.87. The highest BCUT2D eigenvalue weighted by Gasteiger charge is 2.63. The van der Waals surface area contributed by atoms with Crippen LogP contribution in [0, 0.1) is 46.3 Å². The topological polar surface area (TPSA) is 37.3 Å². The Morgan fingerprint density at radius 2 is 1.88 bits per heavy atom. The zero-order valence-corrected chi connectivity index (χ0v) is 17.5. The first-order valence-corrected chi connectivity index (χ1v) is 11.5. The molecule has 26 heavy (non-hydrogen) atoms. The number of carbonyl (C=O) groups is 1. The minimum Gasteiger partial charge on any atom is -0.393 e. The monoisotopic (exact) mass is 360 g/mol. The standard InChI is InChI=1S/C24H40O2/c1-5-6-15(2)19-9-10-20-18-8-7-16-13-17(25)11-12-23(16,3)21(18)14-22(26)24(19,20)4/h15-21,25H,5-14H2,1-4H3/t15-,16?,17-,18?,19?,20?,21?,23+,24-/m1/s1. The maximum absolute atomic E-state index is 13.6. The number of hydrogen-bond acceptors (Lipinski definition) is 2. The third-order valence-corrected chi connectivity index (χ3v) is 10.0. The average molecular weight is 361 g/mol. The Morgan fingerprint density at radius 1 is 1.12 bits per heavy atom. The van der Waals surface area contributed by atoms with E-state index in [4.69, 9.17) is 0 Å². The summed E-state index contributed by atoms with van der Waals surface area (Å²) in [5, 5.41) is 10.2. The van der Waals surface area contributed by atoms with Crippen molar-refractivity contribution in [3.05, 3.63) is 0 Å².